The van der Waals surface area contributed by atoms with Gasteiger partial charge in [-0.05, 0) is 31.2 Å². The minimum atomic E-state index is -2.54. The summed E-state index contributed by atoms with van der Waals surface area (Å²) in [6.45, 7) is -0.665. The van der Waals surface area contributed by atoms with Crippen molar-refractivity contribution < 1.29 is 8.91 Å². The lowest BCUT2D eigenvalue weighted by Gasteiger charge is -2.11. The molecule has 8 heteroatoms. The van der Waals surface area contributed by atoms with Crippen molar-refractivity contribution in [2.75, 3.05) is 12.3 Å². The smallest absolute Gasteiger partial charge is 0.261 e. The average Bonchev–Trinajstić information content (AvgIpc) is 3.29. The number of rotatable bonds is 4. The minimum Gasteiger partial charge on any atom is -0.354 e. The van der Waals surface area contributed by atoms with Gasteiger partial charge in [0.25, 0.3) is 5.91 Å². The molecule has 4 rings (SSSR count). The fourth-order valence-corrected chi connectivity index (χ4v) is 3.63. The lowest BCUT2D eigenvalue weighted by atomic mass is 10.2. The van der Waals surface area contributed by atoms with Crippen LogP contribution in [-0.2, 0) is 0 Å². The molecule has 0 aliphatic rings. The summed E-state index contributed by atoms with van der Waals surface area (Å²) in [7, 11) is 0. The molecule has 0 spiro atoms. The Balaban J connectivity index is 1.65. The number of hydrogen-bond donors (Lipinski definition) is 2. The Labute approximate surface area is 169 Å². The number of nitrogens with one attached hydrogen (secondary N) is 2. The molecular formula is C19H16ClN5OS. The van der Waals surface area contributed by atoms with Gasteiger partial charge >= 0.3 is 0 Å². The van der Waals surface area contributed by atoms with Crippen molar-refractivity contribution in [1.82, 2.24) is 20.1 Å². The fraction of sp³-hybridized carbons (Fsp3) is 0.105. The zero-order chi connectivity index (χ0) is 21.5. The van der Waals surface area contributed by atoms with Crippen LogP contribution in [0.3, 0.4) is 0 Å². The maximum absolute atomic E-state index is 12.1. The maximum Gasteiger partial charge on any atom is 0.261 e. The second kappa shape index (κ2) is 7.02. The molecule has 0 atom stereocenters. The van der Waals surface area contributed by atoms with Crippen molar-refractivity contribution in [3.8, 4) is 5.69 Å². The third-order valence-electron chi connectivity index (χ3n) is 4.05. The third kappa shape index (κ3) is 3.27. The number of carbonyl (C=O) groups excluding carboxylic acids is 1. The molecule has 0 saturated carbocycles. The van der Waals surface area contributed by atoms with Crippen LogP contribution in [0.1, 0.15) is 19.5 Å². The van der Waals surface area contributed by atoms with Gasteiger partial charge in [-0.1, -0.05) is 23.7 Å². The summed E-state index contributed by atoms with van der Waals surface area (Å²) in [5.74, 6) is -0.655. The predicted octanol–water partition coefficient (Wildman–Crippen LogP) is 4.55. The molecule has 0 aliphatic carbocycles. The number of benzene rings is 1. The highest BCUT2D eigenvalue weighted by Crippen LogP contribution is 2.29. The summed E-state index contributed by atoms with van der Waals surface area (Å²) in [6, 6.07) is 11.0. The molecule has 3 aromatic heterocycles. The number of pyridine rings is 1. The molecule has 0 unspecified atom stereocenters. The van der Waals surface area contributed by atoms with Crippen LogP contribution in [0.4, 0.5) is 11.4 Å². The Hall–Kier alpha value is -2.90. The van der Waals surface area contributed by atoms with Crippen LogP contribution < -0.4 is 10.6 Å². The summed E-state index contributed by atoms with van der Waals surface area (Å²) in [6.07, 6.45) is 1.68. The number of fused-ring (bicyclic) bond motifs is 1. The first-order valence-electron chi connectivity index (χ1n) is 9.49. The Morgan fingerprint density at radius 3 is 2.96 bits per heavy atom. The SMILES string of the molecule is [2H]C([2H])([2H])NC(=O)c1cc(-n2ncc3cc(Nc4ccccc4Cl)c(C)nc32)cs1. The van der Waals surface area contributed by atoms with E-state index in [0.717, 1.165) is 33.8 Å². The first-order valence-corrected chi connectivity index (χ1v) is 9.25. The number of anilines is 2. The fourth-order valence-electron chi connectivity index (χ4n) is 2.69. The van der Waals surface area contributed by atoms with E-state index in [-0.39, 0.29) is 4.88 Å². The monoisotopic (exact) mass is 400 g/mol. The summed E-state index contributed by atoms with van der Waals surface area (Å²) < 4.78 is 23.1. The van der Waals surface area contributed by atoms with Crippen LogP contribution >= 0.6 is 22.9 Å². The van der Waals surface area contributed by atoms with Gasteiger partial charge in [-0.15, -0.1) is 11.3 Å². The van der Waals surface area contributed by atoms with Crippen molar-refractivity contribution in [2.45, 2.75) is 6.92 Å². The molecule has 1 amide bonds. The van der Waals surface area contributed by atoms with Crippen LogP contribution in [0.2, 0.25) is 5.02 Å². The number of halogens is 1. The van der Waals surface area contributed by atoms with E-state index in [4.69, 9.17) is 15.7 Å². The molecule has 0 saturated heterocycles. The zero-order valence-corrected chi connectivity index (χ0v) is 15.7. The Bertz CT molecular complexity index is 1250. The van der Waals surface area contributed by atoms with Crippen molar-refractivity contribution in [3.05, 3.63) is 63.6 Å². The first kappa shape index (κ1) is 14.2. The van der Waals surface area contributed by atoms with E-state index in [9.17, 15) is 4.79 Å². The van der Waals surface area contributed by atoms with E-state index in [1.54, 1.807) is 28.4 Å². The molecule has 0 bridgehead atoms. The van der Waals surface area contributed by atoms with E-state index < -0.39 is 12.9 Å². The van der Waals surface area contributed by atoms with Gasteiger partial charge < -0.3 is 10.6 Å². The highest BCUT2D eigenvalue weighted by Gasteiger charge is 2.14. The van der Waals surface area contributed by atoms with E-state index in [1.165, 1.54) is 0 Å². The molecule has 27 heavy (non-hydrogen) atoms. The largest absolute Gasteiger partial charge is 0.354 e. The third-order valence-corrected chi connectivity index (χ3v) is 5.29. The molecule has 0 aliphatic heterocycles. The van der Waals surface area contributed by atoms with Crippen molar-refractivity contribution in [2.24, 2.45) is 0 Å². The molecule has 4 aromatic rings. The minimum absolute atomic E-state index is 0.276. The Morgan fingerprint density at radius 2 is 2.15 bits per heavy atom. The number of para-hydroxylation sites is 1. The second-order valence-electron chi connectivity index (χ2n) is 5.82. The summed E-state index contributed by atoms with van der Waals surface area (Å²) in [5.41, 5.74) is 3.58. The summed E-state index contributed by atoms with van der Waals surface area (Å²) >= 11 is 7.37. The normalized spacial score (nSPS) is 13.0. The van der Waals surface area contributed by atoms with Crippen LogP contribution in [-0.4, -0.2) is 27.6 Å². The summed E-state index contributed by atoms with van der Waals surface area (Å²) in [5, 5.41) is 12.8. The van der Waals surface area contributed by atoms with Gasteiger partial charge in [0.15, 0.2) is 5.65 Å². The molecule has 0 radical (unpaired) electrons. The molecule has 1 aromatic carbocycles. The average molecular weight is 401 g/mol. The number of amides is 1. The molecule has 0 fully saturated rings. The van der Waals surface area contributed by atoms with Crippen LogP contribution in [0.5, 0.6) is 0 Å². The number of nitrogens with zero attached hydrogens (tertiary/aromatic N) is 3. The van der Waals surface area contributed by atoms with Crippen LogP contribution in [0, 0.1) is 6.92 Å². The van der Waals surface area contributed by atoms with Gasteiger partial charge in [0, 0.05) is 21.9 Å². The van der Waals surface area contributed by atoms with Gasteiger partial charge in [-0.2, -0.15) is 5.10 Å². The van der Waals surface area contributed by atoms with E-state index in [0.29, 0.717) is 16.4 Å². The van der Waals surface area contributed by atoms with E-state index in [2.05, 4.69) is 15.4 Å². The highest BCUT2D eigenvalue weighted by molar-refractivity contribution is 7.12. The molecular weight excluding hydrogens is 382 g/mol. The number of thiophene rings is 1. The molecule has 6 nitrogen and oxygen atoms in total. The molecule has 136 valence electrons. The van der Waals surface area contributed by atoms with Gasteiger partial charge in [0.1, 0.15) is 0 Å². The highest BCUT2D eigenvalue weighted by atomic mass is 35.5. The van der Waals surface area contributed by atoms with Crippen LogP contribution in [0.25, 0.3) is 16.7 Å². The predicted molar refractivity (Wildman–Crippen MR) is 110 cm³/mol. The standard InChI is InChI=1S/C19H16ClN5OS/c1-11-16(24-15-6-4-3-5-14(15)20)7-12-9-22-25(18(12)23-11)13-8-17(27-10-13)19(26)21-2/h3-10,24H,1-2H3,(H,21,26)/i2D3. The van der Waals surface area contributed by atoms with E-state index >= 15 is 0 Å². The first-order chi connectivity index (χ1) is 14.2. The van der Waals surface area contributed by atoms with Gasteiger partial charge in [0.2, 0.25) is 0 Å². The number of aryl methyl sites for hydroxylation is 1. The zero-order valence-electron chi connectivity index (χ0n) is 17.2. The maximum atomic E-state index is 12.1. The Morgan fingerprint density at radius 1 is 1.30 bits per heavy atom. The lowest BCUT2D eigenvalue weighted by Crippen LogP contribution is -2.16. The number of aromatic nitrogens is 3. The quantitative estimate of drug-likeness (QED) is 0.527. The lowest BCUT2D eigenvalue weighted by molar-refractivity contribution is 0.0967. The molecule has 2 N–H and O–H groups in total. The van der Waals surface area contributed by atoms with Crippen LogP contribution in [0.15, 0.2) is 48.0 Å². The van der Waals surface area contributed by atoms with Gasteiger partial charge in [-0.25, -0.2) is 9.67 Å². The topological polar surface area (TPSA) is 71.8 Å². The number of carbonyl (C=O) groups is 1. The van der Waals surface area contributed by atoms with Crippen molar-refractivity contribution in [3.63, 3.8) is 0 Å². The van der Waals surface area contributed by atoms with Gasteiger partial charge in [0.05, 0.1) is 38.9 Å². The number of hydrogen-bond acceptors (Lipinski definition) is 5. The van der Waals surface area contributed by atoms with E-state index in [1.807, 2.05) is 36.5 Å². The van der Waals surface area contributed by atoms with Gasteiger partial charge in [-0.3, -0.25) is 4.79 Å². The second-order valence-corrected chi connectivity index (χ2v) is 7.14. The summed E-state index contributed by atoms with van der Waals surface area (Å²) in [4.78, 5) is 17.0. The molecule has 3 heterocycles. The van der Waals surface area contributed by atoms with Crippen molar-refractivity contribution in [1.29, 1.82) is 0 Å². The van der Waals surface area contributed by atoms with Crippen molar-refractivity contribution >= 4 is 51.3 Å². The Kier molecular flexibility index (Phi) is 3.69.